The molecule has 0 spiro atoms. The van der Waals surface area contributed by atoms with Crippen molar-refractivity contribution in [3.8, 4) is 5.75 Å². The van der Waals surface area contributed by atoms with Crippen molar-refractivity contribution in [1.29, 1.82) is 0 Å². The predicted octanol–water partition coefficient (Wildman–Crippen LogP) is 0.146. The molecule has 5 N–H and O–H groups in total. The monoisotopic (exact) mass is 529 g/mol. The molecule has 1 aliphatic heterocycles. The van der Waals surface area contributed by atoms with Crippen LogP contribution in [0.2, 0.25) is 0 Å². The Kier molecular flexibility index (Phi) is 9.09. The summed E-state index contributed by atoms with van der Waals surface area (Å²) in [5.74, 6) is -2.04. The first-order valence-electron chi connectivity index (χ1n) is 10.5. The van der Waals surface area contributed by atoms with E-state index in [9.17, 15) is 28.2 Å². The van der Waals surface area contributed by atoms with Gasteiger partial charge >= 0.3 is 51.4 Å². The van der Waals surface area contributed by atoms with Crippen molar-refractivity contribution in [2.75, 3.05) is 23.7 Å². The van der Waals surface area contributed by atoms with Crippen LogP contribution in [0.1, 0.15) is 40.7 Å². The van der Waals surface area contributed by atoms with Crippen LogP contribution in [0.5, 0.6) is 5.75 Å². The van der Waals surface area contributed by atoms with Gasteiger partial charge in [0, 0.05) is 37.3 Å². The first-order chi connectivity index (χ1) is 16.2. The molecule has 0 atom stereocenters. The number of fused-ring (bicyclic) bond motifs is 1. The molecule has 1 fully saturated rings. The number of hydrogen-bond acceptors (Lipinski definition) is 8. The average molecular weight is 530 g/mol. The summed E-state index contributed by atoms with van der Waals surface area (Å²) in [6.45, 7) is 0.174. The number of rotatable bonds is 5. The Morgan fingerprint density at radius 1 is 1.23 bits per heavy atom. The van der Waals surface area contributed by atoms with Gasteiger partial charge in [0.05, 0.1) is 5.75 Å². The zero-order chi connectivity index (χ0) is 24.5. The molecule has 10 nitrogen and oxygen atoms in total. The number of carbonyl (C=O) groups is 2. The van der Waals surface area contributed by atoms with Crippen LogP contribution < -0.4 is 66.3 Å². The topological polar surface area (TPSA) is 148 Å². The number of nitrogens with zero attached hydrogens (tertiary/aromatic N) is 3. The van der Waals surface area contributed by atoms with Crippen LogP contribution in [0.15, 0.2) is 36.5 Å². The maximum Gasteiger partial charge on any atom is 1.00 e. The summed E-state index contributed by atoms with van der Waals surface area (Å²) in [5, 5.41) is 16.1. The van der Waals surface area contributed by atoms with Crippen LogP contribution in [0, 0.1) is 5.82 Å². The molecule has 0 saturated carbocycles. The van der Waals surface area contributed by atoms with Crippen molar-refractivity contribution in [3.05, 3.63) is 59.2 Å². The fourth-order valence-electron chi connectivity index (χ4n) is 3.81. The van der Waals surface area contributed by atoms with E-state index in [0.717, 1.165) is 6.07 Å². The van der Waals surface area contributed by atoms with Crippen molar-refractivity contribution in [3.63, 3.8) is 0 Å². The van der Waals surface area contributed by atoms with Gasteiger partial charge in [-0.05, 0) is 42.7 Å². The van der Waals surface area contributed by atoms with Crippen LogP contribution in [-0.4, -0.2) is 55.3 Å². The summed E-state index contributed by atoms with van der Waals surface area (Å²) in [5.41, 5.74) is 0.151. The molecule has 1 saturated heterocycles. The molecule has 0 aliphatic carbocycles. The van der Waals surface area contributed by atoms with E-state index in [1.165, 1.54) is 29.7 Å². The van der Waals surface area contributed by atoms with Gasteiger partial charge in [0.15, 0.2) is 17.3 Å². The van der Waals surface area contributed by atoms with E-state index in [-0.39, 0.29) is 87.7 Å². The molecular formula is C22H25FKN5O5S. The molecule has 1 aliphatic rings. The summed E-state index contributed by atoms with van der Waals surface area (Å²) >= 11 is 0. The van der Waals surface area contributed by atoms with E-state index in [1.54, 1.807) is 12.1 Å². The Balaban J connectivity index is 0.00000228. The molecule has 13 heteroatoms. The van der Waals surface area contributed by atoms with Gasteiger partial charge in [-0.2, -0.15) is 0 Å². The minimum Gasteiger partial charge on any atom is -1.00 e. The number of anilines is 1. The molecule has 0 unspecified atom stereocenters. The largest absolute Gasteiger partial charge is 1.00 e. The smallest absolute Gasteiger partial charge is 1.00 e. The van der Waals surface area contributed by atoms with Gasteiger partial charge < -0.3 is 17.2 Å². The number of carbonyl (C=O) groups excluding carboxylic acids is 2. The van der Waals surface area contributed by atoms with Crippen LogP contribution in [0.25, 0.3) is 10.9 Å². The number of pyridine rings is 2. The third kappa shape index (κ3) is 5.78. The predicted molar refractivity (Wildman–Crippen MR) is 128 cm³/mol. The average Bonchev–Trinajstić information content (AvgIpc) is 2.83. The third-order valence-corrected chi connectivity index (χ3v) is 7.43. The van der Waals surface area contributed by atoms with Crippen LogP contribution in [0.3, 0.4) is 0 Å². The van der Waals surface area contributed by atoms with Crippen molar-refractivity contribution in [1.82, 2.24) is 20.6 Å². The molecule has 3 aromatic rings. The van der Waals surface area contributed by atoms with Crippen LogP contribution in [-0.2, 0) is 6.54 Å². The number of halogens is 1. The molecule has 2 amide bonds. The molecule has 35 heavy (non-hydrogen) atoms. The second-order valence-electron chi connectivity index (χ2n) is 7.74. The Morgan fingerprint density at radius 3 is 2.71 bits per heavy atom. The van der Waals surface area contributed by atoms with E-state index < -0.39 is 34.2 Å². The molecule has 1 aromatic carbocycles. The number of benzene rings is 1. The van der Waals surface area contributed by atoms with E-state index in [0.29, 0.717) is 30.3 Å². The standard InChI is InChI=1S/C22H24FN5O5S.K.H/c1-24-21(30)16-11-14(23)7-6-13(16)12-26-22(31)18-19(29)17-15(5-4-8-25-17)20(27-18)28-9-2-3-10-34(28,32)33;;/h4-8,11,29,32-33H,2-3,9-10,12H2,1H3,(H,24,30)(H,26,31);;/q;+1;-1. The second-order valence-corrected chi connectivity index (χ2v) is 9.85. The Morgan fingerprint density at radius 2 is 2.00 bits per heavy atom. The van der Waals surface area contributed by atoms with Gasteiger partial charge in [-0.1, -0.05) is 6.07 Å². The van der Waals surface area contributed by atoms with E-state index in [1.807, 2.05) is 0 Å². The van der Waals surface area contributed by atoms with E-state index >= 15 is 0 Å². The molecule has 0 bridgehead atoms. The second kappa shape index (κ2) is 11.5. The van der Waals surface area contributed by atoms with Crippen molar-refractivity contribution in [2.24, 2.45) is 0 Å². The first kappa shape index (κ1) is 27.7. The van der Waals surface area contributed by atoms with Gasteiger partial charge in [-0.15, -0.1) is 10.8 Å². The Labute approximate surface area is 246 Å². The molecule has 182 valence electrons. The maximum atomic E-state index is 13.6. The summed E-state index contributed by atoms with van der Waals surface area (Å²) in [4.78, 5) is 33.6. The molecule has 0 radical (unpaired) electrons. The van der Waals surface area contributed by atoms with E-state index in [2.05, 4.69) is 20.6 Å². The maximum absolute atomic E-state index is 13.6. The minimum atomic E-state index is -3.15. The molecular weight excluding hydrogens is 504 g/mol. The zero-order valence-electron chi connectivity index (χ0n) is 20.3. The third-order valence-electron chi connectivity index (χ3n) is 5.53. The number of hydrogen-bond donors (Lipinski definition) is 5. The van der Waals surface area contributed by atoms with E-state index in [4.69, 9.17) is 0 Å². The Bertz CT molecular complexity index is 1290. The number of nitrogens with one attached hydrogen (secondary N) is 2. The van der Waals surface area contributed by atoms with Gasteiger partial charge in [0.25, 0.3) is 11.8 Å². The van der Waals surface area contributed by atoms with Gasteiger partial charge in [-0.3, -0.25) is 28.0 Å². The number of aromatic nitrogens is 2. The molecule has 3 heterocycles. The SMILES string of the molecule is CNC(=O)c1cc(F)ccc1CNC(=O)c1nc(N2CCCCS2(O)O)c2cccnc2c1O.[H-].[K+]. The summed E-state index contributed by atoms with van der Waals surface area (Å²) < 4.78 is 36.2. The minimum absolute atomic E-state index is 0. The summed E-state index contributed by atoms with van der Waals surface area (Å²) in [7, 11) is -1.74. The normalized spacial score (nSPS) is 15.7. The van der Waals surface area contributed by atoms with Crippen LogP contribution >= 0.6 is 10.8 Å². The fourth-order valence-corrected chi connectivity index (χ4v) is 5.46. The number of aromatic hydroxyl groups is 1. The van der Waals surface area contributed by atoms with Gasteiger partial charge in [0.2, 0.25) is 0 Å². The number of amides is 2. The van der Waals surface area contributed by atoms with Gasteiger partial charge in [0.1, 0.15) is 11.3 Å². The summed E-state index contributed by atoms with van der Waals surface area (Å²) in [6, 6.07) is 6.86. The van der Waals surface area contributed by atoms with Crippen molar-refractivity contribution < 1.29 is 81.0 Å². The van der Waals surface area contributed by atoms with Crippen LogP contribution in [0.4, 0.5) is 10.2 Å². The van der Waals surface area contributed by atoms with Crippen molar-refractivity contribution >= 4 is 39.3 Å². The molecule has 2 aromatic heterocycles. The first-order valence-corrected chi connectivity index (χ1v) is 12.2. The fraction of sp³-hybridized carbons (Fsp3) is 0.273. The molecule has 4 rings (SSSR count). The zero-order valence-corrected chi connectivity index (χ0v) is 23.2. The quantitative estimate of drug-likeness (QED) is 0.293. The van der Waals surface area contributed by atoms with Crippen molar-refractivity contribution in [2.45, 2.75) is 19.4 Å². The summed E-state index contributed by atoms with van der Waals surface area (Å²) in [6.07, 6.45) is 2.79. The van der Waals surface area contributed by atoms with Gasteiger partial charge in [-0.25, -0.2) is 9.37 Å². The Hall–Kier alpha value is -1.84.